The first kappa shape index (κ1) is 16.0. The van der Waals surface area contributed by atoms with Crippen molar-refractivity contribution in [2.75, 3.05) is 0 Å². The minimum atomic E-state index is -1.65. The molecule has 22 heavy (non-hydrogen) atoms. The summed E-state index contributed by atoms with van der Waals surface area (Å²) in [6, 6.07) is 2.50. The normalized spacial score (nSPS) is 12.0. The van der Waals surface area contributed by atoms with Crippen LogP contribution in [0.1, 0.15) is 28.5 Å². The van der Waals surface area contributed by atoms with E-state index in [2.05, 4.69) is 15.5 Å². The van der Waals surface area contributed by atoms with Crippen LogP contribution in [0, 0.1) is 25.5 Å². The molecule has 1 unspecified atom stereocenters. The maximum atomic E-state index is 13.1. The number of carbonyl (C=O) groups is 1. The summed E-state index contributed by atoms with van der Waals surface area (Å²) in [5.74, 6) is -2.46. The molecular weight excluding hydrogens is 292 g/mol. The van der Waals surface area contributed by atoms with Gasteiger partial charge in [-0.25, -0.2) is 8.78 Å². The maximum Gasteiger partial charge on any atom is 0.253 e. The van der Waals surface area contributed by atoms with Crippen molar-refractivity contribution < 1.29 is 18.7 Å². The number of aliphatic hydroxyl groups excluding tert-OH is 1. The summed E-state index contributed by atoms with van der Waals surface area (Å²) < 4.78 is 26.2. The average molecular weight is 307 g/mol. The molecule has 0 radical (unpaired) electrons. The molecule has 7 heteroatoms. The number of rotatable bonds is 4. The van der Waals surface area contributed by atoms with Gasteiger partial charge < -0.3 is 10.4 Å². The Kier molecular flexibility index (Phi) is 4.77. The van der Waals surface area contributed by atoms with E-state index in [1.54, 1.807) is 6.92 Å². The lowest BCUT2D eigenvalue weighted by Crippen LogP contribution is -2.29. The Hall–Kier alpha value is -2.41. The number of amides is 1. The van der Waals surface area contributed by atoms with Crippen LogP contribution in [0.5, 0.6) is 0 Å². The summed E-state index contributed by atoms with van der Waals surface area (Å²) >= 11 is 0. The van der Waals surface area contributed by atoms with Crippen molar-refractivity contribution in [2.24, 2.45) is 0 Å². The van der Waals surface area contributed by atoms with E-state index in [-0.39, 0.29) is 12.1 Å². The Balaban J connectivity index is 2.07. The first-order valence-electron chi connectivity index (χ1n) is 6.58. The molecule has 1 aromatic carbocycles. The van der Waals surface area contributed by atoms with Crippen molar-refractivity contribution >= 4 is 5.91 Å². The molecule has 1 atom stereocenters. The van der Waals surface area contributed by atoms with Crippen LogP contribution in [0.2, 0.25) is 0 Å². The molecule has 0 aliphatic rings. The van der Waals surface area contributed by atoms with Crippen molar-refractivity contribution in [3.8, 4) is 0 Å². The number of benzene rings is 1. The number of aliphatic hydroxyl groups is 1. The van der Waals surface area contributed by atoms with Gasteiger partial charge in [-0.15, -0.1) is 0 Å². The van der Waals surface area contributed by atoms with E-state index in [1.165, 1.54) is 6.20 Å². The van der Waals surface area contributed by atoms with Crippen molar-refractivity contribution in [1.82, 2.24) is 15.5 Å². The second-order valence-corrected chi connectivity index (χ2v) is 4.90. The average Bonchev–Trinajstić information content (AvgIpc) is 2.46. The van der Waals surface area contributed by atoms with Crippen LogP contribution in [-0.2, 0) is 11.3 Å². The van der Waals surface area contributed by atoms with Gasteiger partial charge in [-0.3, -0.25) is 4.79 Å². The molecule has 0 spiro atoms. The molecule has 2 N–H and O–H groups in total. The molecule has 5 nitrogen and oxygen atoms in total. The van der Waals surface area contributed by atoms with Crippen LogP contribution >= 0.6 is 0 Å². The first-order valence-corrected chi connectivity index (χ1v) is 6.58. The van der Waals surface area contributed by atoms with E-state index in [4.69, 9.17) is 0 Å². The highest BCUT2D eigenvalue weighted by Gasteiger charge is 2.19. The third kappa shape index (κ3) is 3.62. The highest BCUT2D eigenvalue weighted by molar-refractivity contribution is 5.81. The van der Waals surface area contributed by atoms with Crippen LogP contribution in [0.3, 0.4) is 0 Å². The van der Waals surface area contributed by atoms with Gasteiger partial charge in [0.2, 0.25) is 0 Å². The number of aromatic nitrogens is 2. The summed E-state index contributed by atoms with van der Waals surface area (Å²) in [5, 5.41) is 20.0. The number of hydrogen-bond donors (Lipinski definition) is 2. The van der Waals surface area contributed by atoms with E-state index in [1.807, 2.05) is 6.92 Å². The number of nitrogens with zero attached hydrogens (tertiary/aromatic N) is 2. The molecule has 0 saturated carbocycles. The number of nitrogens with one attached hydrogen (secondary N) is 1. The zero-order chi connectivity index (χ0) is 16.3. The van der Waals surface area contributed by atoms with Gasteiger partial charge >= 0.3 is 0 Å². The predicted octanol–water partition coefficient (Wildman–Crippen LogP) is 1.72. The van der Waals surface area contributed by atoms with Gasteiger partial charge in [0.15, 0.2) is 6.10 Å². The fourth-order valence-electron chi connectivity index (χ4n) is 1.93. The second kappa shape index (κ2) is 6.57. The van der Waals surface area contributed by atoms with Gasteiger partial charge in [-0.05, 0) is 42.7 Å². The zero-order valence-electron chi connectivity index (χ0n) is 12.1. The molecule has 0 fully saturated rings. The maximum absolute atomic E-state index is 13.1. The predicted molar refractivity (Wildman–Crippen MR) is 74.7 cm³/mol. The molecule has 0 aliphatic carbocycles. The third-order valence-corrected chi connectivity index (χ3v) is 3.35. The van der Waals surface area contributed by atoms with Gasteiger partial charge in [0.1, 0.15) is 11.6 Å². The Labute approximate surface area is 126 Å². The Morgan fingerprint density at radius 3 is 2.55 bits per heavy atom. The SMILES string of the molecule is Cc1nncc(CNC(=O)C(O)c2cc(F)cc(F)c2)c1C. The van der Waals surface area contributed by atoms with E-state index in [0.29, 0.717) is 6.07 Å². The summed E-state index contributed by atoms with van der Waals surface area (Å²) in [7, 11) is 0. The number of carbonyl (C=O) groups excluding carboxylic acids is 1. The topological polar surface area (TPSA) is 75.1 Å². The van der Waals surface area contributed by atoms with Crippen molar-refractivity contribution in [1.29, 1.82) is 0 Å². The summed E-state index contributed by atoms with van der Waals surface area (Å²) in [4.78, 5) is 11.9. The van der Waals surface area contributed by atoms with Gasteiger partial charge in [-0.2, -0.15) is 10.2 Å². The molecule has 116 valence electrons. The zero-order valence-corrected chi connectivity index (χ0v) is 12.1. The van der Waals surface area contributed by atoms with Crippen LogP contribution in [-0.4, -0.2) is 21.2 Å². The Bertz CT molecular complexity index is 687. The fraction of sp³-hybridized carbons (Fsp3) is 0.267. The number of halogens is 2. The standard InChI is InChI=1S/C15H15F2N3O2/c1-8-9(2)20-19-7-11(8)6-18-15(22)14(21)10-3-12(16)5-13(17)4-10/h3-5,7,14,21H,6H2,1-2H3,(H,18,22). The third-order valence-electron chi connectivity index (χ3n) is 3.35. The lowest BCUT2D eigenvalue weighted by Gasteiger charge is -2.13. The van der Waals surface area contributed by atoms with Crippen LogP contribution in [0.25, 0.3) is 0 Å². The van der Waals surface area contributed by atoms with Crippen molar-refractivity contribution in [2.45, 2.75) is 26.5 Å². The highest BCUT2D eigenvalue weighted by Crippen LogP contribution is 2.17. The fourth-order valence-corrected chi connectivity index (χ4v) is 1.93. The Morgan fingerprint density at radius 2 is 1.91 bits per heavy atom. The van der Waals surface area contributed by atoms with Crippen molar-refractivity contribution in [3.05, 3.63) is 58.4 Å². The molecule has 1 aromatic heterocycles. The minimum Gasteiger partial charge on any atom is -0.378 e. The van der Waals surface area contributed by atoms with E-state index < -0.39 is 23.6 Å². The van der Waals surface area contributed by atoms with Gasteiger partial charge in [0.25, 0.3) is 5.91 Å². The monoisotopic (exact) mass is 307 g/mol. The number of aryl methyl sites for hydroxylation is 1. The summed E-state index contributed by atoms with van der Waals surface area (Å²) in [6.07, 6.45) is -0.141. The smallest absolute Gasteiger partial charge is 0.253 e. The lowest BCUT2D eigenvalue weighted by atomic mass is 10.1. The van der Waals surface area contributed by atoms with Crippen LogP contribution < -0.4 is 5.32 Å². The minimum absolute atomic E-state index is 0.135. The number of hydrogen-bond acceptors (Lipinski definition) is 4. The summed E-state index contributed by atoms with van der Waals surface area (Å²) in [6.45, 7) is 3.76. The van der Waals surface area contributed by atoms with Crippen molar-refractivity contribution in [3.63, 3.8) is 0 Å². The molecule has 0 bridgehead atoms. The van der Waals surface area contributed by atoms with Crippen LogP contribution in [0.15, 0.2) is 24.4 Å². The highest BCUT2D eigenvalue weighted by atomic mass is 19.1. The van der Waals surface area contributed by atoms with E-state index in [0.717, 1.165) is 29.0 Å². The van der Waals surface area contributed by atoms with Gasteiger partial charge in [-0.1, -0.05) is 0 Å². The molecule has 2 aromatic rings. The molecule has 1 amide bonds. The van der Waals surface area contributed by atoms with E-state index in [9.17, 15) is 18.7 Å². The quantitative estimate of drug-likeness (QED) is 0.902. The van der Waals surface area contributed by atoms with Crippen LogP contribution in [0.4, 0.5) is 8.78 Å². The van der Waals surface area contributed by atoms with Gasteiger partial charge in [0.05, 0.1) is 11.9 Å². The molecule has 1 heterocycles. The molecule has 0 aliphatic heterocycles. The molecule has 2 rings (SSSR count). The summed E-state index contributed by atoms with van der Waals surface area (Å²) in [5.41, 5.74) is 2.22. The molecule has 0 saturated heterocycles. The second-order valence-electron chi connectivity index (χ2n) is 4.90. The largest absolute Gasteiger partial charge is 0.378 e. The lowest BCUT2D eigenvalue weighted by molar-refractivity contribution is -0.129. The van der Waals surface area contributed by atoms with E-state index >= 15 is 0 Å². The van der Waals surface area contributed by atoms with Gasteiger partial charge in [0, 0.05) is 12.6 Å². The Morgan fingerprint density at radius 1 is 1.27 bits per heavy atom. The first-order chi connectivity index (χ1) is 10.4. The molecular formula is C15H15F2N3O2.